The third kappa shape index (κ3) is 3.96. The van der Waals surface area contributed by atoms with Crippen LogP contribution in [0.15, 0.2) is 47.2 Å². The molecule has 4 heteroatoms. The third-order valence-corrected chi connectivity index (χ3v) is 5.14. The van der Waals surface area contributed by atoms with E-state index in [0.29, 0.717) is 12.1 Å². The molecule has 0 bridgehead atoms. The largest absolute Gasteiger partial charge is 0.392 e. The smallest absolute Gasteiger partial charge is 0.0682 e. The Kier molecular flexibility index (Phi) is 5.26. The minimum Gasteiger partial charge on any atom is -0.392 e. The van der Waals surface area contributed by atoms with E-state index < -0.39 is 0 Å². The van der Waals surface area contributed by atoms with Crippen LogP contribution in [0.3, 0.4) is 0 Å². The van der Waals surface area contributed by atoms with Crippen LogP contribution in [0.5, 0.6) is 0 Å². The molecule has 3 nitrogen and oxygen atoms in total. The van der Waals surface area contributed by atoms with Crippen molar-refractivity contribution in [3.8, 4) is 0 Å². The van der Waals surface area contributed by atoms with Gasteiger partial charge in [0.15, 0.2) is 0 Å². The lowest BCUT2D eigenvalue weighted by molar-refractivity contribution is 0.172. The van der Waals surface area contributed by atoms with E-state index in [2.05, 4.69) is 58.2 Å². The van der Waals surface area contributed by atoms with E-state index in [0.717, 1.165) is 26.1 Å². The molecule has 0 unspecified atom stereocenters. The number of thiophene rings is 1. The van der Waals surface area contributed by atoms with Gasteiger partial charge in [0.25, 0.3) is 0 Å². The summed E-state index contributed by atoms with van der Waals surface area (Å²) in [6.45, 7) is 4.81. The van der Waals surface area contributed by atoms with E-state index in [4.69, 9.17) is 0 Å². The Labute approximate surface area is 136 Å². The van der Waals surface area contributed by atoms with Gasteiger partial charge in [-0.3, -0.25) is 4.90 Å². The molecule has 2 aromatic rings. The first-order valence-electron chi connectivity index (χ1n) is 7.94. The Morgan fingerprint density at radius 2 is 2.14 bits per heavy atom. The quantitative estimate of drug-likeness (QED) is 0.860. The molecule has 3 atom stereocenters. The Hall–Kier alpha value is -1.20. The molecule has 0 saturated carbocycles. The van der Waals surface area contributed by atoms with E-state index in [1.54, 1.807) is 11.3 Å². The number of hydrogen-bond donors (Lipinski definition) is 2. The average molecular weight is 316 g/mol. The fourth-order valence-corrected chi connectivity index (χ4v) is 3.89. The molecule has 118 valence electrons. The Morgan fingerprint density at radius 1 is 1.32 bits per heavy atom. The van der Waals surface area contributed by atoms with Crippen LogP contribution < -0.4 is 5.32 Å². The number of aliphatic hydroxyl groups excluding tert-OH is 1. The van der Waals surface area contributed by atoms with Crippen molar-refractivity contribution in [1.29, 1.82) is 0 Å². The summed E-state index contributed by atoms with van der Waals surface area (Å²) >= 11 is 1.74. The molecule has 1 aromatic carbocycles. The van der Waals surface area contributed by atoms with Crippen LogP contribution in [0.4, 0.5) is 0 Å². The van der Waals surface area contributed by atoms with Gasteiger partial charge < -0.3 is 10.4 Å². The highest BCUT2D eigenvalue weighted by Crippen LogP contribution is 2.22. The van der Waals surface area contributed by atoms with Gasteiger partial charge in [-0.1, -0.05) is 30.3 Å². The minimum absolute atomic E-state index is 0.202. The first-order valence-corrected chi connectivity index (χ1v) is 8.88. The van der Waals surface area contributed by atoms with Crippen molar-refractivity contribution in [2.24, 2.45) is 0 Å². The summed E-state index contributed by atoms with van der Waals surface area (Å²) in [4.78, 5) is 2.40. The molecule has 1 fully saturated rings. The van der Waals surface area contributed by atoms with Gasteiger partial charge in [0.1, 0.15) is 0 Å². The van der Waals surface area contributed by atoms with E-state index in [1.165, 1.54) is 11.1 Å². The SMILES string of the molecule is C[C@H](NC[C@@H]1C[C@@H](O)CN1Cc1ccccc1)c1ccsc1. The summed E-state index contributed by atoms with van der Waals surface area (Å²) in [5.41, 5.74) is 2.66. The number of rotatable bonds is 6. The van der Waals surface area contributed by atoms with E-state index in [1.807, 2.05) is 6.07 Å². The monoisotopic (exact) mass is 316 g/mol. The predicted octanol–water partition coefficient (Wildman–Crippen LogP) is 3.03. The molecule has 2 N–H and O–H groups in total. The lowest BCUT2D eigenvalue weighted by atomic mass is 10.1. The van der Waals surface area contributed by atoms with Gasteiger partial charge in [-0.15, -0.1) is 0 Å². The van der Waals surface area contributed by atoms with E-state index >= 15 is 0 Å². The van der Waals surface area contributed by atoms with Gasteiger partial charge in [0.2, 0.25) is 0 Å². The summed E-state index contributed by atoms with van der Waals surface area (Å²) in [5, 5.41) is 18.0. The molecule has 0 radical (unpaired) electrons. The van der Waals surface area contributed by atoms with E-state index in [-0.39, 0.29) is 6.10 Å². The summed E-state index contributed by atoms with van der Waals surface area (Å²) in [6.07, 6.45) is 0.655. The topological polar surface area (TPSA) is 35.5 Å². The summed E-state index contributed by atoms with van der Waals surface area (Å²) in [5.74, 6) is 0. The molecule has 2 heterocycles. The fraction of sp³-hybridized carbons (Fsp3) is 0.444. The molecule has 0 aliphatic carbocycles. The number of likely N-dealkylation sites (tertiary alicyclic amines) is 1. The zero-order valence-corrected chi connectivity index (χ0v) is 13.8. The van der Waals surface area contributed by atoms with Crippen LogP contribution in [0, 0.1) is 0 Å². The number of nitrogens with zero attached hydrogens (tertiary/aromatic N) is 1. The van der Waals surface area contributed by atoms with Crippen molar-refractivity contribution in [2.75, 3.05) is 13.1 Å². The Balaban J connectivity index is 1.56. The molecule has 0 amide bonds. The van der Waals surface area contributed by atoms with Crippen LogP contribution in [0.25, 0.3) is 0 Å². The van der Waals surface area contributed by atoms with Gasteiger partial charge in [-0.2, -0.15) is 11.3 Å². The van der Waals surface area contributed by atoms with Crippen molar-refractivity contribution < 1.29 is 5.11 Å². The number of hydrogen-bond acceptors (Lipinski definition) is 4. The second-order valence-corrected chi connectivity index (χ2v) is 6.93. The van der Waals surface area contributed by atoms with Gasteiger partial charge in [0.05, 0.1) is 6.10 Å². The lowest BCUT2D eigenvalue weighted by Gasteiger charge is -2.26. The van der Waals surface area contributed by atoms with Crippen molar-refractivity contribution in [1.82, 2.24) is 10.2 Å². The van der Waals surface area contributed by atoms with Crippen molar-refractivity contribution >= 4 is 11.3 Å². The maximum Gasteiger partial charge on any atom is 0.0682 e. The molecular weight excluding hydrogens is 292 g/mol. The van der Waals surface area contributed by atoms with E-state index in [9.17, 15) is 5.11 Å². The van der Waals surface area contributed by atoms with Crippen LogP contribution >= 0.6 is 11.3 Å². The standard InChI is InChI=1S/C18H24N2OS/c1-14(16-7-8-22-13-16)19-10-17-9-18(21)12-20(17)11-15-5-3-2-4-6-15/h2-8,13-14,17-19,21H,9-12H2,1H3/t14-,17-,18+/m0/s1. The van der Waals surface area contributed by atoms with Crippen molar-refractivity contribution in [3.63, 3.8) is 0 Å². The fourth-order valence-electron chi connectivity index (χ4n) is 3.13. The maximum atomic E-state index is 10.0. The number of nitrogens with one attached hydrogen (secondary N) is 1. The molecule has 1 aliphatic heterocycles. The maximum absolute atomic E-state index is 10.0. The summed E-state index contributed by atoms with van der Waals surface area (Å²) in [7, 11) is 0. The minimum atomic E-state index is -0.202. The lowest BCUT2D eigenvalue weighted by Crippen LogP contribution is -2.38. The second-order valence-electron chi connectivity index (χ2n) is 6.15. The number of β-amino-alcohol motifs (C(OH)–C–C–N with tert-alkyl or cyclic N) is 1. The number of benzene rings is 1. The summed E-state index contributed by atoms with van der Waals surface area (Å²) < 4.78 is 0. The highest BCUT2D eigenvalue weighted by molar-refractivity contribution is 7.07. The molecule has 1 aliphatic rings. The van der Waals surface area contributed by atoms with Gasteiger partial charge in [0, 0.05) is 31.7 Å². The number of aliphatic hydroxyl groups is 1. The van der Waals surface area contributed by atoms with Crippen LogP contribution in [-0.2, 0) is 6.54 Å². The van der Waals surface area contributed by atoms with Crippen molar-refractivity contribution in [3.05, 3.63) is 58.3 Å². The first-order chi connectivity index (χ1) is 10.7. The van der Waals surface area contributed by atoms with Gasteiger partial charge in [-0.05, 0) is 41.3 Å². The molecule has 1 aromatic heterocycles. The zero-order chi connectivity index (χ0) is 15.4. The Bertz CT molecular complexity index is 558. The highest BCUT2D eigenvalue weighted by atomic mass is 32.1. The van der Waals surface area contributed by atoms with Gasteiger partial charge in [-0.25, -0.2) is 0 Å². The molecule has 3 rings (SSSR count). The molecule has 1 saturated heterocycles. The molecular formula is C18H24N2OS. The normalized spacial score (nSPS) is 23.7. The first kappa shape index (κ1) is 15.7. The van der Waals surface area contributed by atoms with Crippen LogP contribution in [0.2, 0.25) is 0 Å². The van der Waals surface area contributed by atoms with Crippen LogP contribution in [-0.4, -0.2) is 35.2 Å². The average Bonchev–Trinajstić information content (AvgIpc) is 3.16. The van der Waals surface area contributed by atoms with Crippen molar-refractivity contribution in [2.45, 2.75) is 38.1 Å². The zero-order valence-electron chi connectivity index (χ0n) is 13.0. The molecule has 22 heavy (non-hydrogen) atoms. The molecule has 0 spiro atoms. The Morgan fingerprint density at radius 3 is 2.86 bits per heavy atom. The third-order valence-electron chi connectivity index (χ3n) is 4.44. The van der Waals surface area contributed by atoms with Gasteiger partial charge >= 0.3 is 0 Å². The predicted molar refractivity (Wildman–Crippen MR) is 92.0 cm³/mol. The summed E-state index contributed by atoms with van der Waals surface area (Å²) in [6, 6.07) is 13.4. The second kappa shape index (κ2) is 7.38. The highest BCUT2D eigenvalue weighted by Gasteiger charge is 2.30. The van der Waals surface area contributed by atoms with Crippen LogP contribution in [0.1, 0.15) is 30.5 Å².